The number of ether oxygens (including phenoxy) is 1. The van der Waals surface area contributed by atoms with Crippen molar-refractivity contribution in [2.45, 2.75) is 13.1 Å². The predicted octanol–water partition coefficient (Wildman–Crippen LogP) is 0.991. The van der Waals surface area contributed by atoms with Crippen LogP contribution in [0.2, 0.25) is 0 Å². The van der Waals surface area contributed by atoms with Crippen molar-refractivity contribution in [3.63, 3.8) is 0 Å². The molecule has 0 radical (unpaired) electrons. The van der Waals surface area contributed by atoms with E-state index in [1.54, 1.807) is 36.3 Å². The zero-order valence-corrected chi connectivity index (χ0v) is 15.8. The molecule has 4 rings (SSSR count). The molecule has 0 spiro atoms. The monoisotopic (exact) mass is 381 g/mol. The quantitative estimate of drug-likeness (QED) is 0.659. The Kier molecular flexibility index (Phi) is 5.12. The lowest BCUT2D eigenvalue weighted by atomic mass is 10.1. The molecule has 8 heteroatoms. The van der Waals surface area contributed by atoms with Crippen molar-refractivity contribution in [3.8, 4) is 0 Å². The molecule has 1 saturated heterocycles. The molecule has 28 heavy (non-hydrogen) atoms. The Morgan fingerprint density at radius 2 is 1.89 bits per heavy atom. The maximum atomic E-state index is 12.6. The Bertz CT molecular complexity index is 1020. The van der Waals surface area contributed by atoms with E-state index in [0.717, 1.165) is 37.6 Å². The van der Waals surface area contributed by atoms with Crippen LogP contribution < -0.4 is 10.6 Å². The summed E-state index contributed by atoms with van der Waals surface area (Å²) in [7, 11) is 1.74. The summed E-state index contributed by atoms with van der Waals surface area (Å²) in [6.45, 7) is 3.69. The van der Waals surface area contributed by atoms with Gasteiger partial charge < -0.3 is 14.5 Å². The molecule has 8 nitrogen and oxygen atoms in total. The van der Waals surface area contributed by atoms with Gasteiger partial charge in [0.25, 0.3) is 0 Å². The highest BCUT2D eigenvalue weighted by atomic mass is 16.5. The lowest BCUT2D eigenvalue weighted by Crippen LogP contribution is -2.36. The number of carbonyl (C=O) groups is 1. The van der Waals surface area contributed by atoms with E-state index < -0.39 is 0 Å². The normalized spacial score (nSPS) is 14.4. The molecule has 0 unspecified atom stereocenters. The first kappa shape index (κ1) is 18.2. The molecule has 1 aliphatic heterocycles. The van der Waals surface area contributed by atoms with E-state index >= 15 is 0 Å². The highest BCUT2D eigenvalue weighted by molar-refractivity contribution is 5.75. The van der Waals surface area contributed by atoms with Crippen molar-refractivity contribution in [3.05, 3.63) is 64.7 Å². The molecule has 0 bridgehead atoms. The number of likely N-dealkylation sites (N-methyl/N-ethyl adjacent to an activating group) is 1. The molecule has 1 aliphatic rings. The number of amides is 1. The van der Waals surface area contributed by atoms with E-state index in [1.165, 1.54) is 9.08 Å². The number of fused-ring (bicyclic) bond motifs is 1. The molecule has 2 aromatic heterocycles. The highest BCUT2D eigenvalue weighted by Crippen LogP contribution is 2.17. The molecule has 3 heterocycles. The molecule has 0 atom stereocenters. The summed E-state index contributed by atoms with van der Waals surface area (Å²) in [5.41, 5.74) is 2.42. The van der Waals surface area contributed by atoms with Crippen LogP contribution >= 0.6 is 0 Å². The Labute approximate surface area is 162 Å². The van der Waals surface area contributed by atoms with Gasteiger partial charge in [-0.2, -0.15) is 0 Å². The SMILES string of the molecule is CN(Cc1ccc(N2CCOCC2)cc1)C(=O)Cn1nc2ccccn2c1=O. The number of carbonyl (C=O) groups excluding carboxylic acids is 1. The smallest absolute Gasteiger partial charge is 0.350 e. The van der Waals surface area contributed by atoms with Crippen molar-refractivity contribution < 1.29 is 9.53 Å². The van der Waals surface area contributed by atoms with Crippen molar-refractivity contribution >= 4 is 17.2 Å². The summed E-state index contributed by atoms with van der Waals surface area (Å²) in [6, 6.07) is 13.5. The van der Waals surface area contributed by atoms with Gasteiger partial charge >= 0.3 is 5.69 Å². The topological polar surface area (TPSA) is 72.1 Å². The molecule has 3 aromatic rings. The molecule has 1 amide bonds. The Morgan fingerprint density at radius 3 is 2.61 bits per heavy atom. The number of pyridine rings is 1. The number of morpholine rings is 1. The van der Waals surface area contributed by atoms with Crippen molar-refractivity contribution in [2.24, 2.45) is 0 Å². The third-order valence-corrected chi connectivity index (χ3v) is 4.93. The maximum Gasteiger partial charge on any atom is 0.350 e. The van der Waals surface area contributed by atoms with Crippen LogP contribution in [0.4, 0.5) is 5.69 Å². The van der Waals surface area contributed by atoms with Gasteiger partial charge in [0.2, 0.25) is 5.91 Å². The van der Waals surface area contributed by atoms with Crippen LogP contribution in [-0.2, 0) is 22.6 Å². The van der Waals surface area contributed by atoms with Crippen molar-refractivity contribution in [1.29, 1.82) is 0 Å². The minimum absolute atomic E-state index is 0.0805. The summed E-state index contributed by atoms with van der Waals surface area (Å²) in [6.07, 6.45) is 1.64. The number of benzene rings is 1. The van der Waals surface area contributed by atoms with Gasteiger partial charge in [-0.3, -0.25) is 9.20 Å². The van der Waals surface area contributed by atoms with Crippen LogP contribution in [-0.4, -0.2) is 58.3 Å². The average Bonchev–Trinajstić information content (AvgIpc) is 3.05. The fourth-order valence-corrected chi connectivity index (χ4v) is 3.32. The van der Waals surface area contributed by atoms with Gasteiger partial charge in [0, 0.05) is 38.6 Å². The molecule has 0 N–H and O–H groups in total. The van der Waals surface area contributed by atoms with Crippen LogP contribution in [0.5, 0.6) is 0 Å². The van der Waals surface area contributed by atoms with Crippen LogP contribution in [0.15, 0.2) is 53.5 Å². The van der Waals surface area contributed by atoms with E-state index in [0.29, 0.717) is 12.2 Å². The molecular weight excluding hydrogens is 358 g/mol. The van der Waals surface area contributed by atoms with E-state index in [-0.39, 0.29) is 18.1 Å². The molecule has 0 aliphatic carbocycles. The fraction of sp³-hybridized carbons (Fsp3) is 0.350. The predicted molar refractivity (Wildman–Crippen MR) is 105 cm³/mol. The molecule has 1 fully saturated rings. The second-order valence-corrected chi connectivity index (χ2v) is 6.88. The summed E-state index contributed by atoms with van der Waals surface area (Å²) in [4.78, 5) is 28.8. The molecule has 1 aromatic carbocycles. The number of hydrogen-bond donors (Lipinski definition) is 0. The number of nitrogens with zero attached hydrogens (tertiary/aromatic N) is 5. The first-order chi connectivity index (χ1) is 13.6. The van der Waals surface area contributed by atoms with Gasteiger partial charge in [0.15, 0.2) is 5.65 Å². The lowest BCUT2D eigenvalue weighted by molar-refractivity contribution is -0.131. The van der Waals surface area contributed by atoms with E-state index in [1.807, 2.05) is 12.1 Å². The number of anilines is 1. The van der Waals surface area contributed by atoms with Gasteiger partial charge in [-0.15, -0.1) is 5.10 Å². The highest BCUT2D eigenvalue weighted by Gasteiger charge is 2.15. The third-order valence-electron chi connectivity index (χ3n) is 4.93. The third kappa shape index (κ3) is 3.77. The van der Waals surface area contributed by atoms with Crippen LogP contribution in [0.25, 0.3) is 5.65 Å². The van der Waals surface area contributed by atoms with Gasteiger partial charge in [-0.05, 0) is 29.8 Å². The van der Waals surface area contributed by atoms with Gasteiger partial charge in [-0.25, -0.2) is 9.48 Å². The second kappa shape index (κ2) is 7.85. The summed E-state index contributed by atoms with van der Waals surface area (Å²) in [5.74, 6) is -0.164. The number of aromatic nitrogens is 3. The lowest BCUT2D eigenvalue weighted by Gasteiger charge is -2.29. The summed E-state index contributed by atoms with van der Waals surface area (Å²) >= 11 is 0. The standard InChI is InChI=1S/C20H23N5O3/c1-22(14-16-5-7-17(8-6-16)23-10-12-28-13-11-23)19(26)15-25-20(27)24-9-3-2-4-18(24)21-25/h2-9H,10-15H2,1H3. The van der Waals surface area contributed by atoms with Crippen LogP contribution in [0.3, 0.4) is 0 Å². The average molecular weight is 381 g/mol. The zero-order chi connectivity index (χ0) is 19.5. The van der Waals surface area contributed by atoms with E-state index in [2.05, 4.69) is 22.1 Å². The Hall–Kier alpha value is -3.13. The fourth-order valence-electron chi connectivity index (χ4n) is 3.32. The Balaban J connectivity index is 1.39. The van der Waals surface area contributed by atoms with Gasteiger partial charge in [0.1, 0.15) is 6.54 Å². The second-order valence-electron chi connectivity index (χ2n) is 6.88. The molecular formula is C20H23N5O3. The minimum Gasteiger partial charge on any atom is -0.378 e. The van der Waals surface area contributed by atoms with Crippen molar-refractivity contribution in [1.82, 2.24) is 19.1 Å². The summed E-state index contributed by atoms with van der Waals surface area (Å²) < 4.78 is 8.02. The first-order valence-corrected chi connectivity index (χ1v) is 9.31. The van der Waals surface area contributed by atoms with Gasteiger partial charge in [0.05, 0.1) is 13.2 Å². The maximum absolute atomic E-state index is 12.6. The number of rotatable bonds is 5. The zero-order valence-electron chi connectivity index (χ0n) is 15.8. The van der Waals surface area contributed by atoms with Crippen LogP contribution in [0, 0.1) is 0 Å². The number of hydrogen-bond acceptors (Lipinski definition) is 5. The molecule has 146 valence electrons. The van der Waals surface area contributed by atoms with Crippen molar-refractivity contribution in [2.75, 3.05) is 38.3 Å². The van der Waals surface area contributed by atoms with Crippen LogP contribution in [0.1, 0.15) is 5.56 Å². The van der Waals surface area contributed by atoms with E-state index in [9.17, 15) is 9.59 Å². The molecule has 0 saturated carbocycles. The van der Waals surface area contributed by atoms with E-state index in [4.69, 9.17) is 4.74 Å². The first-order valence-electron chi connectivity index (χ1n) is 9.31. The summed E-state index contributed by atoms with van der Waals surface area (Å²) in [5, 5.41) is 4.21. The minimum atomic E-state index is -0.313. The Morgan fingerprint density at radius 1 is 1.14 bits per heavy atom. The largest absolute Gasteiger partial charge is 0.378 e. The van der Waals surface area contributed by atoms with Gasteiger partial charge in [-0.1, -0.05) is 18.2 Å².